The largest absolute Gasteiger partial charge is 0.396 e. The Morgan fingerprint density at radius 1 is 1.08 bits per heavy atom. The average molecular weight is 499 g/mol. The zero-order chi connectivity index (χ0) is 25.8. The highest BCUT2D eigenvalue weighted by Gasteiger charge is 2.55. The van der Waals surface area contributed by atoms with Gasteiger partial charge in [-0.1, -0.05) is 42.5 Å². The maximum atomic E-state index is 13.7. The number of aliphatic hydroxyl groups is 1. The van der Waals surface area contributed by atoms with Crippen molar-refractivity contribution in [2.24, 2.45) is 11.8 Å². The van der Waals surface area contributed by atoms with E-state index in [1.807, 2.05) is 66.1 Å². The predicted molar refractivity (Wildman–Crippen MR) is 144 cm³/mol. The van der Waals surface area contributed by atoms with E-state index < -0.39 is 5.92 Å². The fourth-order valence-electron chi connectivity index (χ4n) is 6.05. The third kappa shape index (κ3) is 5.02. The first kappa shape index (κ1) is 25.1. The van der Waals surface area contributed by atoms with E-state index in [0.717, 1.165) is 24.2 Å². The summed E-state index contributed by atoms with van der Waals surface area (Å²) in [5.74, 6) is -0.765. The zero-order valence-corrected chi connectivity index (χ0v) is 21.2. The predicted octanol–water partition coefficient (Wildman–Crippen LogP) is 2.84. The Kier molecular flexibility index (Phi) is 7.63. The van der Waals surface area contributed by atoms with Crippen molar-refractivity contribution in [3.8, 4) is 0 Å². The highest BCUT2D eigenvalue weighted by molar-refractivity contribution is 5.80. The van der Waals surface area contributed by atoms with Crippen LogP contribution < -0.4 is 10.9 Å². The summed E-state index contributed by atoms with van der Waals surface area (Å²) in [6.45, 7) is 3.52. The number of rotatable bonds is 9. The maximum Gasteiger partial charge on any atom is 0.258 e. The summed E-state index contributed by atoms with van der Waals surface area (Å²) in [5.41, 5.74) is 3.79. The number of hydrogen-bond donors (Lipinski definition) is 2. The van der Waals surface area contributed by atoms with Crippen LogP contribution in [0, 0.1) is 11.8 Å². The van der Waals surface area contributed by atoms with Crippen molar-refractivity contribution in [1.29, 1.82) is 0 Å². The standard InChI is InChI=1S/C30H34N4O3/c1-2-6-23-9-10-25-28-27(29(36)32-17-13-22-11-15-31-16-12-22)24(20-35)26(19-34(25)30(23)37)33(28)18-14-21-7-4-3-5-8-21/h2-12,15-16,24,26-28,35H,13-14,17-20H2,1H3,(H,32,36)/b6-2+/t24-,26-,27+,28+/m0/s1. The molecule has 192 valence electrons. The number of aliphatic hydroxyl groups excluding tert-OH is 1. The lowest BCUT2D eigenvalue weighted by atomic mass is 9.86. The molecular weight excluding hydrogens is 464 g/mol. The van der Waals surface area contributed by atoms with Crippen LogP contribution in [0.2, 0.25) is 0 Å². The quantitative estimate of drug-likeness (QED) is 0.474. The van der Waals surface area contributed by atoms with Gasteiger partial charge in [0.25, 0.3) is 5.56 Å². The Hall–Kier alpha value is -3.55. The SMILES string of the molecule is C/C=C/c1ccc2n(c1=O)C[C@H]1[C@H](CO)[C@@H](C(=O)NCCc3ccncc3)[C@@H]2N1CCc1ccccc1. The molecule has 7 heteroatoms. The van der Waals surface area contributed by atoms with Crippen LogP contribution in [0.1, 0.15) is 35.3 Å². The van der Waals surface area contributed by atoms with Crippen molar-refractivity contribution >= 4 is 12.0 Å². The molecule has 0 radical (unpaired) electrons. The number of fused-ring (bicyclic) bond motifs is 4. The van der Waals surface area contributed by atoms with Crippen molar-refractivity contribution in [3.05, 3.63) is 106 Å². The number of pyridine rings is 2. The second kappa shape index (κ2) is 11.2. The summed E-state index contributed by atoms with van der Waals surface area (Å²) in [4.78, 5) is 33.4. The van der Waals surface area contributed by atoms with Gasteiger partial charge in [0.15, 0.2) is 0 Å². The molecule has 1 amide bonds. The van der Waals surface area contributed by atoms with E-state index >= 15 is 0 Å². The minimum absolute atomic E-state index is 0.0382. The third-order valence-corrected chi connectivity index (χ3v) is 7.81. The normalized spacial score (nSPS) is 22.8. The molecular formula is C30H34N4O3. The molecule has 2 N–H and O–H groups in total. The molecule has 4 atom stereocenters. The molecule has 0 aliphatic carbocycles. The Balaban J connectivity index is 1.45. The summed E-state index contributed by atoms with van der Waals surface area (Å²) in [7, 11) is 0. The number of nitrogens with zero attached hydrogens (tertiary/aromatic N) is 3. The molecule has 1 aromatic carbocycles. The molecule has 1 saturated heterocycles. The van der Waals surface area contributed by atoms with E-state index in [2.05, 4.69) is 27.3 Å². The summed E-state index contributed by atoms with van der Waals surface area (Å²) in [6, 6.07) is 17.7. The maximum absolute atomic E-state index is 13.7. The first-order valence-electron chi connectivity index (χ1n) is 13.1. The lowest BCUT2D eigenvalue weighted by molar-refractivity contribution is -0.127. The highest BCUT2D eigenvalue weighted by atomic mass is 16.3. The summed E-state index contributed by atoms with van der Waals surface area (Å²) >= 11 is 0. The Morgan fingerprint density at radius 3 is 2.57 bits per heavy atom. The number of allylic oxidation sites excluding steroid dienone is 1. The van der Waals surface area contributed by atoms with Gasteiger partial charge in [0.05, 0.1) is 12.0 Å². The van der Waals surface area contributed by atoms with Gasteiger partial charge in [0.1, 0.15) is 0 Å². The van der Waals surface area contributed by atoms with Gasteiger partial charge in [-0.15, -0.1) is 0 Å². The number of carbonyl (C=O) groups excluding carboxylic acids is 1. The molecule has 37 heavy (non-hydrogen) atoms. The topological polar surface area (TPSA) is 87.5 Å². The molecule has 0 saturated carbocycles. The second-order valence-corrected chi connectivity index (χ2v) is 9.88. The van der Waals surface area contributed by atoms with Gasteiger partial charge < -0.3 is 15.0 Å². The van der Waals surface area contributed by atoms with Crippen molar-refractivity contribution in [2.75, 3.05) is 19.7 Å². The zero-order valence-electron chi connectivity index (χ0n) is 21.2. The van der Waals surface area contributed by atoms with Crippen molar-refractivity contribution in [1.82, 2.24) is 19.8 Å². The molecule has 3 aromatic rings. The molecule has 4 heterocycles. The first-order chi connectivity index (χ1) is 18.1. The van der Waals surface area contributed by atoms with Crippen LogP contribution in [0.25, 0.3) is 6.08 Å². The van der Waals surface area contributed by atoms with E-state index in [4.69, 9.17) is 0 Å². The first-order valence-corrected chi connectivity index (χ1v) is 13.1. The Bertz CT molecular complexity index is 1310. The van der Waals surface area contributed by atoms with Crippen LogP contribution >= 0.6 is 0 Å². The van der Waals surface area contributed by atoms with E-state index in [9.17, 15) is 14.7 Å². The Morgan fingerprint density at radius 2 is 1.84 bits per heavy atom. The number of nitrogens with one attached hydrogen (secondary N) is 1. The lowest BCUT2D eigenvalue weighted by Gasteiger charge is -2.38. The molecule has 2 aliphatic heterocycles. The van der Waals surface area contributed by atoms with Crippen LogP contribution in [0.4, 0.5) is 0 Å². The van der Waals surface area contributed by atoms with E-state index in [0.29, 0.717) is 25.1 Å². The molecule has 2 bridgehead atoms. The molecule has 7 nitrogen and oxygen atoms in total. The summed E-state index contributed by atoms with van der Waals surface area (Å²) < 4.78 is 1.83. The number of hydrogen-bond acceptors (Lipinski definition) is 5. The van der Waals surface area contributed by atoms with Crippen LogP contribution in [-0.4, -0.2) is 51.2 Å². The summed E-state index contributed by atoms with van der Waals surface area (Å²) in [5, 5.41) is 13.6. The molecule has 1 fully saturated rings. The molecule has 5 rings (SSSR count). The number of benzene rings is 1. The van der Waals surface area contributed by atoms with Gasteiger partial charge in [-0.05, 0) is 55.2 Å². The van der Waals surface area contributed by atoms with Gasteiger partial charge in [0.2, 0.25) is 5.91 Å². The molecule has 2 aliphatic rings. The van der Waals surface area contributed by atoms with E-state index in [1.165, 1.54) is 5.56 Å². The van der Waals surface area contributed by atoms with Crippen molar-refractivity contribution in [2.45, 2.75) is 38.4 Å². The summed E-state index contributed by atoms with van der Waals surface area (Å²) in [6.07, 6.45) is 8.73. The van der Waals surface area contributed by atoms with Crippen LogP contribution in [0.5, 0.6) is 0 Å². The monoisotopic (exact) mass is 498 g/mol. The van der Waals surface area contributed by atoms with Gasteiger partial charge in [-0.25, -0.2) is 0 Å². The van der Waals surface area contributed by atoms with Crippen LogP contribution in [0.15, 0.2) is 77.9 Å². The highest BCUT2D eigenvalue weighted by Crippen LogP contribution is 2.48. The van der Waals surface area contributed by atoms with Gasteiger partial charge >= 0.3 is 0 Å². The minimum Gasteiger partial charge on any atom is -0.396 e. The Labute approximate surface area is 217 Å². The average Bonchev–Trinajstić information content (AvgIpc) is 3.15. The number of aromatic nitrogens is 2. The fourth-order valence-corrected chi connectivity index (χ4v) is 6.05. The van der Waals surface area contributed by atoms with Gasteiger partial charge in [-0.3, -0.25) is 19.5 Å². The van der Waals surface area contributed by atoms with Gasteiger partial charge in [-0.2, -0.15) is 0 Å². The van der Waals surface area contributed by atoms with Gasteiger partial charge in [0, 0.05) is 61.9 Å². The van der Waals surface area contributed by atoms with Crippen molar-refractivity contribution < 1.29 is 9.90 Å². The van der Waals surface area contributed by atoms with Crippen LogP contribution in [-0.2, 0) is 24.2 Å². The van der Waals surface area contributed by atoms with E-state index in [1.54, 1.807) is 12.4 Å². The molecule has 2 aromatic heterocycles. The molecule has 0 unspecified atom stereocenters. The minimum atomic E-state index is -0.441. The van der Waals surface area contributed by atoms with Crippen LogP contribution in [0.3, 0.4) is 0 Å². The molecule has 0 spiro atoms. The smallest absolute Gasteiger partial charge is 0.258 e. The van der Waals surface area contributed by atoms with Crippen molar-refractivity contribution in [3.63, 3.8) is 0 Å². The lowest BCUT2D eigenvalue weighted by Crippen LogP contribution is -2.47. The van der Waals surface area contributed by atoms with E-state index in [-0.39, 0.29) is 36.1 Å². The third-order valence-electron chi connectivity index (χ3n) is 7.81. The number of amides is 1. The second-order valence-electron chi connectivity index (χ2n) is 9.88. The fraction of sp³-hybridized carbons (Fsp3) is 0.367. The number of carbonyl (C=O) groups is 1.